The first-order valence-corrected chi connectivity index (χ1v) is 14.5. The van der Waals surface area contributed by atoms with Crippen molar-refractivity contribution in [1.82, 2.24) is 0 Å². The van der Waals surface area contributed by atoms with Gasteiger partial charge in [-0.2, -0.15) is 0 Å². The number of unbranched alkanes of at least 4 members (excludes halogenated alkanes) is 3. The van der Waals surface area contributed by atoms with Crippen molar-refractivity contribution in [3.63, 3.8) is 0 Å². The summed E-state index contributed by atoms with van der Waals surface area (Å²) in [7, 11) is -0.203. The molecule has 0 amide bonds. The molecule has 0 bridgehead atoms. The van der Waals surface area contributed by atoms with Crippen LogP contribution in [-0.2, 0) is 18.8 Å². The first kappa shape index (κ1) is 25.6. The van der Waals surface area contributed by atoms with Gasteiger partial charge >= 0.3 is 5.97 Å². The molecule has 1 aliphatic carbocycles. The van der Waals surface area contributed by atoms with Gasteiger partial charge in [-0.15, -0.1) is 0 Å². The molecule has 5 heteroatoms. The minimum Gasteiger partial charge on any atom is -0.469 e. The molecule has 0 aliphatic heterocycles. The number of carbonyl (C=O) groups is 2. The quantitative estimate of drug-likeness (QED) is 0.150. The molecule has 0 aromatic carbocycles. The van der Waals surface area contributed by atoms with Crippen molar-refractivity contribution in [2.45, 2.75) is 84.0 Å². The number of esters is 1. The molecule has 0 saturated carbocycles. The van der Waals surface area contributed by atoms with Crippen molar-refractivity contribution in [2.24, 2.45) is 11.8 Å². The Morgan fingerprint density at radius 2 is 1.97 bits per heavy atom. The van der Waals surface area contributed by atoms with E-state index in [1.165, 1.54) is 26.4 Å². The maximum Gasteiger partial charge on any atom is 0.305 e. The Morgan fingerprint density at radius 3 is 2.62 bits per heavy atom. The molecule has 1 aliphatic rings. The molecule has 29 heavy (non-hydrogen) atoms. The van der Waals surface area contributed by atoms with Crippen LogP contribution in [0.3, 0.4) is 0 Å². The molecule has 0 fully saturated rings. The molecule has 1 rings (SSSR count). The van der Waals surface area contributed by atoms with Gasteiger partial charge in [0, 0.05) is 18.3 Å². The fraction of sp³-hybridized carbons (Fsp3) is 0.667. The molecule has 0 aromatic rings. The minimum atomic E-state index is -1.61. The van der Waals surface area contributed by atoms with Crippen LogP contribution in [0.5, 0.6) is 0 Å². The number of ketones is 1. The maximum atomic E-state index is 12.3. The third-order valence-corrected chi connectivity index (χ3v) is 6.00. The zero-order chi connectivity index (χ0) is 21.7. The lowest BCUT2D eigenvalue weighted by atomic mass is 9.90. The Kier molecular flexibility index (Phi) is 12.1. The number of hydrogen-bond donors (Lipinski definition) is 0. The predicted octanol–water partition coefficient (Wildman–Crippen LogP) is 6.00. The molecule has 4 nitrogen and oxygen atoms in total. The monoisotopic (exact) mass is 420 g/mol. The molecule has 0 saturated heterocycles. The zero-order valence-electron chi connectivity index (χ0n) is 19.0. The second kappa shape index (κ2) is 13.7. The van der Waals surface area contributed by atoms with Crippen molar-refractivity contribution in [3.8, 4) is 0 Å². The summed E-state index contributed by atoms with van der Waals surface area (Å²) in [5.41, 5.74) is 0. The lowest BCUT2D eigenvalue weighted by Crippen LogP contribution is -2.31. The first-order valence-electron chi connectivity index (χ1n) is 11.1. The van der Waals surface area contributed by atoms with E-state index in [0.717, 1.165) is 25.7 Å². The number of hydrogen-bond acceptors (Lipinski definition) is 4. The second-order valence-electron chi connectivity index (χ2n) is 8.77. The van der Waals surface area contributed by atoms with Gasteiger partial charge in [-0.25, -0.2) is 0 Å². The van der Waals surface area contributed by atoms with E-state index in [1.54, 1.807) is 6.08 Å². The lowest BCUT2D eigenvalue weighted by Gasteiger charge is -2.25. The van der Waals surface area contributed by atoms with Crippen LogP contribution in [-0.4, -0.2) is 33.3 Å². The smallest absolute Gasteiger partial charge is 0.305 e. The van der Waals surface area contributed by atoms with Crippen LogP contribution in [0.4, 0.5) is 0 Å². The summed E-state index contributed by atoms with van der Waals surface area (Å²) >= 11 is 0. The fourth-order valence-corrected chi connectivity index (χ4v) is 4.55. The van der Waals surface area contributed by atoms with Crippen molar-refractivity contribution >= 4 is 20.1 Å². The van der Waals surface area contributed by atoms with Crippen LogP contribution in [0.1, 0.15) is 58.3 Å². The van der Waals surface area contributed by atoms with E-state index >= 15 is 0 Å². The van der Waals surface area contributed by atoms with Gasteiger partial charge < -0.3 is 9.16 Å². The van der Waals surface area contributed by atoms with Crippen LogP contribution in [0, 0.1) is 11.8 Å². The molecule has 164 valence electrons. The molecular weight excluding hydrogens is 380 g/mol. The number of allylic oxidation sites excluding steroid dienone is 5. The van der Waals surface area contributed by atoms with E-state index in [0.29, 0.717) is 6.42 Å². The molecule has 0 spiro atoms. The summed E-state index contributed by atoms with van der Waals surface area (Å²) in [5.74, 6) is 0.146. The van der Waals surface area contributed by atoms with Crippen LogP contribution >= 0.6 is 0 Å². The molecule has 0 radical (unpaired) electrons. The van der Waals surface area contributed by atoms with E-state index in [2.05, 4.69) is 55.6 Å². The number of carbonyl (C=O) groups excluding carboxylic acids is 2. The van der Waals surface area contributed by atoms with Gasteiger partial charge in [-0.05, 0) is 51.4 Å². The van der Waals surface area contributed by atoms with Gasteiger partial charge in [0.05, 0.1) is 13.2 Å². The Bertz CT molecular complexity index is 586. The molecule has 0 aromatic heterocycles. The van der Waals surface area contributed by atoms with E-state index in [-0.39, 0.29) is 29.7 Å². The highest BCUT2D eigenvalue weighted by molar-refractivity contribution is 6.69. The summed E-state index contributed by atoms with van der Waals surface area (Å²) in [4.78, 5) is 23.4. The van der Waals surface area contributed by atoms with E-state index in [1.807, 2.05) is 6.08 Å². The van der Waals surface area contributed by atoms with Crippen LogP contribution < -0.4 is 0 Å². The second-order valence-corrected chi connectivity index (χ2v) is 13.2. The van der Waals surface area contributed by atoms with E-state index in [4.69, 9.17) is 4.43 Å². The van der Waals surface area contributed by atoms with Crippen molar-refractivity contribution in [2.75, 3.05) is 7.11 Å². The van der Waals surface area contributed by atoms with E-state index in [9.17, 15) is 9.59 Å². The topological polar surface area (TPSA) is 52.6 Å². The standard InChI is InChI=1S/C24H40O4Si/c1-6-7-10-13-21(28-29(3,4)5)18-16-20-17-19-23(25)22(20)14-11-8-9-12-15-24(26)27-2/h8,11,16-22H,6-7,9-10,12-15H2,1-5H3/b11-8+,18-16+/t20-,21?,22+/m0/s1. The maximum absolute atomic E-state index is 12.3. The van der Waals surface area contributed by atoms with Crippen LogP contribution in [0.2, 0.25) is 19.6 Å². The summed E-state index contributed by atoms with van der Waals surface area (Å²) in [6, 6.07) is 0. The average molecular weight is 421 g/mol. The van der Waals surface area contributed by atoms with Crippen LogP contribution in [0.15, 0.2) is 36.5 Å². The molecular formula is C24H40O4Si. The highest BCUT2D eigenvalue weighted by Gasteiger charge is 2.27. The van der Waals surface area contributed by atoms with E-state index < -0.39 is 8.32 Å². The molecule has 0 N–H and O–H groups in total. The highest BCUT2D eigenvalue weighted by Crippen LogP contribution is 2.28. The zero-order valence-corrected chi connectivity index (χ0v) is 20.0. The minimum absolute atomic E-state index is 0.0220. The van der Waals surface area contributed by atoms with Gasteiger partial charge in [0.1, 0.15) is 0 Å². The summed E-state index contributed by atoms with van der Waals surface area (Å²) < 4.78 is 11.0. The molecule has 0 heterocycles. The summed E-state index contributed by atoms with van der Waals surface area (Å²) in [6.45, 7) is 8.88. The molecule has 1 unspecified atom stereocenters. The average Bonchev–Trinajstić information content (AvgIpc) is 3.01. The normalized spacial score (nSPS) is 20.8. The van der Waals surface area contributed by atoms with Gasteiger partial charge in [0.25, 0.3) is 0 Å². The number of ether oxygens (including phenoxy) is 1. The van der Waals surface area contributed by atoms with Gasteiger partial charge in [-0.1, -0.05) is 56.6 Å². The molecule has 3 atom stereocenters. The Morgan fingerprint density at radius 1 is 1.21 bits per heavy atom. The Hall–Kier alpha value is -1.46. The Labute approximate surface area is 178 Å². The third-order valence-electron chi connectivity index (χ3n) is 4.99. The Balaban J connectivity index is 2.58. The van der Waals surface area contributed by atoms with Gasteiger partial charge in [-0.3, -0.25) is 9.59 Å². The van der Waals surface area contributed by atoms with Crippen molar-refractivity contribution < 1.29 is 18.8 Å². The van der Waals surface area contributed by atoms with Crippen molar-refractivity contribution in [1.29, 1.82) is 0 Å². The SMILES string of the molecule is CCCCCC(/C=C/[C@H]1C=CC(=O)[C@@H]1C/C=C/CCCC(=O)OC)O[Si](C)(C)C. The highest BCUT2D eigenvalue weighted by atomic mass is 28.4. The third kappa shape index (κ3) is 11.3. The fourth-order valence-electron chi connectivity index (χ4n) is 3.45. The van der Waals surface area contributed by atoms with Crippen molar-refractivity contribution in [3.05, 3.63) is 36.5 Å². The first-order chi connectivity index (χ1) is 13.8. The van der Waals surface area contributed by atoms with Gasteiger partial charge in [0.2, 0.25) is 0 Å². The summed E-state index contributed by atoms with van der Waals surface area (Å²) in [5, 5.41) is 0. The number of methoxy groups -OCH3 is 1. The predicted molar refractivity (Wildman–Crippen MR) is 122 cm³/mol. The lowest BCUT2D eigenvalue weighted by molar-refractivity contribution is -0.140. The number of rotatable bonds is 14. The van der Waals surface area contributed by atoms with Gasteiger partial charge in [0.15, 0.2) is 14.1 Å². The van der Waals surface area contributed by atoms with Crippen LogP contribution in [0.25, 0.3) is 0 Å². The largest absolute Gasteiger partial charge is 0.469 e. The summed E-state index contributed by atoms with van der Waals surface area (Å²) in [6.07, 6.45) is 19.8.